The summed E-state index contributed by atoms with van der Waals surface area (Å²) in [6.07, 6.45) is 2.13. The summed E-state index contributed by atoms with van der Waals surface area (Å²) in [7, 11) is 3.37. The van der Waals surface area contributed by atoms with Crippen LogP contribution in [-0.4, -0.2) is 32.2 Å². The lowest BCUT2D eigenvalue weighted by molar-refractivity contribution is 0.255. The third-order valence-corrected chi connectivity index (χ3v) is 5.28. The number of ether oxygens (including phenoxy) is 2. The second-order valence-electron chi connectivity index (χ2n) is 5.83. The highest BCUT2D eigenvalue weighted by Gasteiger charge is 2.23. The minimum atomic E-state index is 0.788. The number of methoxy groups -OCH3 is 2. The van der Waals surface area contributed by atoms with Gasteiger partial charge in [0.1, 0.15) is 0 Å². The summed E-state index contributed by atoms with van der Waals surface area (Å²) in [5.41, 5.74) is 4.07. The number of benzene rings is 2. The fourth-order valence-corrected chi connectivity index (χ4v) is 3.87. The van der Waals surface area contributed by atoms with Crippen LogP contribution in [0, 0.1) is 0 Å². The van der Waals surface area contributed by atoms with Crippen LogP contribution < -0.4 is 9.47 Å². The summed E-state index contributed by atoms with van der Waals surface area (Å²) in [5.74, 6) is 1.59. The minimum absolute atomic E-state index is 0.788. The number of fused-ring (bicyclic) bond motifs is 1. The molecular weight excluding hydrogens is 354 g/mol. The van der Waals surface area contributed by atoms with E-state index in [1.54, 1.807) is 14.2 Å². The highest BCUT2D eigenvalue weighted by atomic mass is 79.9. The van der Waals surface area contributed by atoms with Gasteiger partial charge in [0.25, 0.3) is 0 Å². The molecule has 0 saturated carbocycles. The zero-order valence-corrected chi connectivity index (χ0v) is 15.2. The van der Waals surface area contributed by atoms with Gasteiger partial charge >= 0.3 is 0 Å². The zero-order valence-electron chi connectivity index (χ0n) is 13.6. The maximum absolute atomic E-state index is 5.51. The van der Waals surface area contributed by atoms with Crippen molar-refractivity contribution < 1.29 is 9.47 Å². The average molecular weight is 376 g/mol. The fraction of sp³-hybridized carbons (Fsp3) is 0.368. The summed E-state index contributed by atoms with van der Waals surface area (Å²) in [4.78, 5) is 2.51. The highest BCUT2D eigenvalue weighted by molar-refractivity contribution is 9.10. The van der Waals surface area contributed by atoms with E-state index in [0.717, 1.165) is 48.4 Å². The van der Waals surface area contributed by atoms with Crippen molar-refractivity contribution in [3.05, 3.63) is 57.6 Å². The molecule has 1 heterocycles. The molecule has 0 N–H and O–H groups in total. The second kappa shape index (κ2) is 7.37. The molecule has 0 aromatic heterocycles. The van der Waals surface area contributed by atoms with Crippen LogP contribution in [0.1, 0.15) is 16.7 Å². The van der Waals surface area contributed by atoms with Gasteiger partial charge in [-0.25, -0.2) is 0 Å². The van der Waals surface area contributed by atoms with Crippen LogP contribution >= 0.6 is 15.9 Å². The van der Waals surface area contributed by atoms with Crippen molar-refractivity contribution in [1.82, 2.24) is 4.90 Å². The Kier molecular flexibility index (Phi) is 5.23. The van der Waals surface area contributed by atoms with E-state index in [1.807, 2.05) is 0 Å². The molecule has 0 bridgehead atoms. The SMILES string of the molecule is COc1cc2c(c(Br)c1OC)CN(CCc1ccccc1)CC2. The molecule has 23 heavy (non-hydrogen) atoms. The normalized spacial score (nSPS) is 14.4. The number of hydrogen-bond donors (Lipinski definition) is 0. The Labute approximate surface area is 146 Å². The maximum atomic E-state index is 5.51. The van der Waals surface area contributed by atoms with Gasteiger partial charge in [0.05, 0.1) is 18.7 Å². The van der Waals surface area contributed by atoms with Gasteiger partial charge in [0.15, 0.2) is 11.5 Å². The van der Waals surface area contributed by atoms with Crippen LogP contribution in [0.3, 0.4) is 0 Å². The number of hydrogen-bond acceptors (Lipinski definition) is 3. The van der Waals surface area contributed by atoms with Crippen LogP contribution in [0.4, 0.5) is 0 Å². The van der Waals surface area contributed by atoms with Gasteiger partial charge < -0.3 is 9.47 Å². The van der Waals surface area contributed by atoms with Gasteiger partial charge in [-0.15, -0.1) is 0 Å². The smallest absolute Gasteiger partial charge is 0.175 e. The lowest BCUT2D eigenvalue weighted by atomic mass is 9.98. The van der Waals surface area contributed by atoms with E-state index in [2.05, 4.69) is 57.2 Å². The Balaban J connectivity index is 1.75. The zero-order chi connectivity index (χ0) is 16.2. The van der Waals surface area contributed by atoms with E-state index in [-0.39, 0.29) is 0 Å². The molecule has 1 aliphatic rings. The van der Waals surface area contributed by atoms with Gasteiger partial charge in [0.2, 0.25) is 0 Å². The first kappa shape index (κ1) is 16.3. The molecule has 2 aromatic rings. The quantitative estimate of drug-likeness (QED) is 0.786. The first-order valence-corrected chi connectivity index (χ1v) is 8.70. The molecule has 1 aliphatic heterocycles. The molecule has 0 saturated heterocycles. The first-order valence-electron chi connectivity index (χ1n) is 7.91. The molecular formula is C19H22BrNO2. The molecule has 122 valence electrons. The van der Waals surface area contributed by atoms with Crippen LogP contribution in [0.5, 0.6) is 11.5 Å². The van der Waals surface area contributed by atoms with Gasteiger partial charge in [-0.1, -0.05) is 30.3 Å². The third-order valence-electron chi connectivity index (χ3n) is 4.44. The predicted molar refractivity (Wildman–Crippen MR) is 96.4 cm³/mol. The molecule has 4 heteroatoms. The largest absolute Gasteiger partial charge is 0.493 e. The summed E-state index contributed by atoms with van der Waals surface area (Å²) in [6.45, 7) is 3.11. The van der Waals surface area contributed by atoms with E-state index in [4.69, 9.17) is 9.47 Å². The van der Waals surface area contributed by atoms with E-state index >= 15 is 0 Å². The topological polar surface area (TPSA) is 21.7 Å². The van der Waals surface area contributed by atoms with E-state index < -0.39 is 0 Å². The van der Waals surface area contributed by atoms with Crippen LogP contribution in [0.25, 0.3) is 0 Å². The predicted octanol–water partition coefficient (Wildman–Crippen LogP) is 4.07. The van der Waals surface area contributed by atoms with Crippen LogP contribution in [-0.2, 0) is 19.4 Å². The first-order chi connectivity index (χ1) is 11.2. The Morgan fingerprint density at radius 3 is 2.61 bits per heavy atom. The van der Waals surface area contributed by atoms with Crippen molar-refractivity contribution in [3.8, 4) is 11.5 Å². The molecule has 0 amide bonds. The van der Waals surface area contributed by atoms with Crippen molar-refractivity contribution in [1.29, 1.82) is 0 Å². The highest BCUT2D eigenvalue weighted by Crippen LogP contribution is 2.41. The standard InChI is InChI=1S/C19H22BrNO2/c1-22-17-12-15-9-11-21(10-8-14-6-4-3-5-7-14)13-16(15)18(20)19(17)23-2/h3-7,12H,8-11,13H2,1-2H3. The summed E-state index contributed by atoms with van der Waals surface area (Å²) in [5, 5.41) is 0. The number of rotatable bonds is 5. The molecule has 0 fully saturated rings. The Morgan fingerprint density at radius 2 is 1.91 bits per heavy atom. The number of nitrogens with zero attached hydrogens (tertiary/aromatic N) is 1. The van der Waals surface area contributed by atoms with Crippen molar-refractivity contribution in [2.45, 2.75) is 19.4 Å². The third kappa shape index (κ3) is 3.54. The summed E-state index contributed by atoms with van der Waals surface area (Å²) >= 11 is 3.71. The molecule has 3 rings (SSSR count). The second-order valence-corrected chi connectivity index (χ2v) is 6.62. The average Bonchev–Trinajstić information content (AvgIpc) is 2.60. The lowest BCUT2D eigenvalue weighted by Gasteiger charge is -2.30. The Bertz CT molecular complexity index is 673. The van der Waals surface area contributed by atoms with Crippen molar-refractivity contribution in [2.75, 3.05) is 27.3 Å². The van der Waals surface area contributed by atoms with Gasteiger partial charge in [0, 0.05) is 19.6 Å². The summed E-state index contributed by atoms with van der Waals surface area (Å²) in [6, 6.07) is 12.8. The van der Waals surface area contributed by atoms with Gasteiger partial charge in [-0.2, -0.15) is 0 Å². The molecule has 2 aromatic carbocycles. The lowest BCUT2D eigenvalue weighted by Crippen LogP contribution is -2.32. The number of halogens is 1. The monoisotopic (exact) mass is 375 g/mol. The van der Waals surface area contributed by atoms with Crippen LogP contribution in [0.15, 0.2) is 40.9 Å². The minimum Gasteiger partial charge on any atom is -0.493 e. The van der Waals surface area contributed by atoms with Gasteiger partial charge in [-0.3, -0.25) is 4.90 Å². The van der Waals surface area contributed by atoms with E-state index in [1.165, 1.54) is 16.7 Å². The molecule has 0 atom stereocenters. The van der Waals surface area contributed by atoms with Crippen molar-refractivity contribution >= 4 is 15.9 Å². The van der Waals surface area contributed by atoms with Crippen LogP contribution in [0.2, 0.25) is 0 Å². The van der Waals surface area contributed by atoms with Gasteiger partial charge in [-0.05, 0) is 51.5 Å². The van der Waals surface area contributed by atoms with Crippen molar-refractivity contribution in [3.63, 3.8) is 0 Å². The van der Waals surface area contributed by atoms with E-state index in [0.29, 0.717) is 0 Å². The molecule has 0 unspecified atom stereocenters. The maximum Gasteiger partial charge on any atom is 0.175 e. The molecule has 3 nitrogen and oxygen atoms in total. The van der Waals surface area contributed by atoms with Crippen molar-refractivity contribution in [2.24, 2.45) is 0 Å². The summed E-state index contributed by atoms with van der Waals surface area (Å²) < 4.78 is 12.0. The van der Waals surface area contributed by atoms with E-state index in [9.17, 15) is 0 Å². The fourth-order valence-electron chi connectivity index (χ4n) is 3.14. The Hall–Kier alpha value is -1.52. The molecule has 0 aliphatic carbocycles. The molecule has 0 spiro atoms. The molecule has 0 radical (unpaired) electrons. The Morgan fingerprint density at radius 1 is 1.13 bits per heavy atom.